The molecule has 0 N–H and O–H groups in total. The molecular formula is C15H12N4O2. The van der Waals surface area contributed by atoms with Gasteiger partial charge in [-0.25, -0.2) is 0 Å². The van der Waals surface area contributed by atoms with E-state index in [4.69, 9.17) is 0 Å². The topological polar surface area (TPSA) is 94.0 Å². The molecule has 0 radical (unpaired) electrons. The summed E-state index contributed by atoms with van der Waals surface area (Å²) in [6.07, 6.45) is 0.328. The minimum Gasteiger partial charge on any atom is -0.316 e. The zero-order valence-electron chi connectivity index (χ0n) is 11.6. The first-order valence-corrected chi connectivity index (χ1v) is 6.24. The maximum absolute atomic E-state index is 10.7. The van der Waals surface area contributed by atoms with Gasteiger partial charge in [-0.2, -0.15) is 10.5 Å². The van der Waals surface area contributed by atoms with E-state index in [1.807, 2.05) is 0 Å². The highest BCUT2D eigenvalue weighted by molar-refractivity contribution is 5.65. The fourth-order valence-corrected chi connectivity index (χ4v) is 2.31. The predicted molar refractivity (Wildman–Crippen MR) is 76.8 cm³/mol. The monoisotopic (exact) mass is 280 g/mol. The molecule has 0 atom stereocenters. The van der Waals surface area contributed by atoms with Crippen molar-refractivity contribution in [3.8, 4) is 12.1 Å². The number of nitriles is 2. The number of allylic oxidation sites excluding steroid dienone is 4. The van der Waals surface area contributed by atoms with Crippen molar-refractivity contribution in [3.63, 3.8) is 0 Å². The van der Waals surface area contributed by atoms with Gasteiger partial charge in [0.2, 0.25) is 0 Å². The fraction of sp³-hybridized carbons (Fsp3) is 0.200. The Labute approximate surface area is 122 Å². The number of anilines is 1. The number of non-ortho nitro benzene ring substituents is 1. The molecule has 1 aliphatic rings. The smallest absolute Gasteiger partial charge is 0.269 e. The molecule has 0 aliphatic carbocycles. The third-order valence-electron chi connectivity index (χ3n) is 3.49. The molecule has 0 fully saturated rings. The number of rotatable bonds is 2. The lowest BCUT2D eigenvalue weighted by atomic mass is 9.97. The van der Waals surface area contributed by atoms with E-state index < -0.39 is 4.92 Å². The van der Waals surface area contributed by atoms with Crippen molar-refractivity contribution in [3.05, 3.63) is 56.9 Å². The van der Waals surface area contributed by atoms with Crippen molar-refractivity contribution in [1.82, 2.24) is 0 Å². The summed E-state index contributed by atoms with van der Waals surface area (Å²) in [4.78, 5) is 12.0. The SMILES string of the molecule is CC1=C(C#N)CC(C#N)=C(C)N1c1ccc([N+](=O)[O-])cc1. The Morgan fingerprint density at radius 3 is 1.95 bits per heavy atom. The largest absolute Gasteiger partial charge is 0.316 e. The first-order chi connectivity index (χ1) is 9.99. The highest BCUT2D eigenvalue weighted by atomic mass is 16.6. The van der Waals surface area contributed by atoms with E-state index in [9.17, 15) is 20.6 Å². The lowest BCUT2D eigenvalue weighted by molar-refractivity contribution is -0.384. The lowest BCUT2D eigenvalue weighted by Gasteiger charge is -2.31. The average molecular weight is 280 g/mol. The summed E-state index contributed by atoms with van der Waals surface area (Å²) in [5.74, 6) is 0. The minimum atomic E-state index is -0.465. The number of nitrogens with zero attached hydrogens (tertiary/aromatic N) is 4. The Balaban J connectivity index is 2.53. The van der Waals surface area contributed by atoms with Gasteiger partial charge in [0.1, 0.15) is 0 Å². The third kappa shape index (κ3) is 2.47. The van der Waals surface area contributed by atoms with Gasteiger partial charge in [0, 0.05) is 35.6 Å². The molecule has 2 rings (SSSR count). The van der Waals surface area contributed by atoms with E-state index in [0.29, 0.717) is 23.3 Å². The van der Waals surface area contributed by atoms with Crippen LogP contribution in [-0.4, -0.2) is 4.92 Å². The quantitative estimate of drug-likeness (QED) is 0.611. The molecule has 1 aromatic carbocycles. The van der Waals surface area contributed by atoms with Crippen molar-refractivity contribution in [2.45, 2.75) is 20.3 Å². The summed E-state index contributed by atoms with van der Waals surface area (Å²) in [7, 11) is 0. The first kappa shape index (κ1) is 14.3. The lowest BCUT2D eigenvalue weighted by Crippen LogP contribution is -2.25. The normalized spacial score (nSPS) is 14.8. The van der Waals surface area contributed by atoms with Crippen LogP contribution in [0.4, 0.5) is 11.4 Å². The van der Waals surface area contributed by atoms with E-state index in [0.717, 1.165) is 11.4 Å². The third-order valence-corrected chi connectivity index (χ3v) is 3.49. The number of hydrogen-bond donors (Lipinski definition) is 0. The first-order valence-electron chi connectivity index (χ1n) is 6.24. The second-order valence-electron chi connectivity index (χ2n) is 4.64. The Morgan fingerprint density at radius 1 is 1.10 bits per heavy atom. The number of nitro groups is 1. The molecule has 0 amide bonds. The van der Waals surface area contributed by atoms with Crippen molar-refractivity contribution in [2.24, 2.45) is 0 Å². The predicted octanol–water partition coefficient (Wildman–Crippen LogP) is 3.40. The maximum atomic E-state index is 10.7. The van der Waals surface area contributed by atoms with Gasteiger partial charge in [-0.3, -0.25) is 10.1 Å². The minimum absolute atomic E-state index is 0.0000352. The van der Waals surface area contributed by atoms with E-state index in [1.54, 1.807) is 30.9 Å². The van der Waals surface area contributed by atoms with Crippen LogP contribution in [0.15, 0.2) is 46.8 Å². The van der Waals surface area contributed by atoms with Crippen LogP contribution >= 0.6 is 0 Å². The molecule has 6 heteroatoms. The molecule has 1 aromatic rings. The second-order valence-corrected chi connectivity index (χ2v) is 4.64. The summed E-state index contributed by atoms with van der Waals surface area (Å²) < 4.78 is 0. The standard InChI is InChI=1S/C15H12N4O2/c1-10-12(8-16)7-13(9-17)11(2)18(10)14-3-5-15(6-4-14)19(20)21/h3-6H,7H2,1-2H3. The van der Waals surface area contributed by atoms with Crippen molar-refractivity contribution >= 4 is 11.4 Å². The molecule has 0 saturated heterocycles. The molecule has 0 bridgehead atoms. The Kier molecular flexibility index (Phi) is 3.73. The van der Waals surface area contributed by atoms with Gasteiger partial charge >= 0.3 is 0 Å². The molecule has 0 spiro atoms. The Bertz CT molecular complexity index is 709. The van der Waals surface area contributed by atoms with Gasteiger partial charge in [0.15, 0.2) is 0 Å². The summed E-state index contributed by atoms with van der Waals surface area (Å²) in [6.45, 7) is 3.61. The van der Waals surface area contributed by atoms with Crippen LogP contribution in [0.3, 0.4) is 0 Å². The zero-order chi connectivity index (χ0) is 15.6. The van der Waals surface area contributed by atoms with Gasteiger partial charge < -0.3 is 4.90 Å². The molecule has 21 heavy (non-hydrogen) atoms. The van der Waals surface area contributed by atoms with Gasteiger partial charge in [-0.15, -0.1) is 0 Å². The molecule has 0 aromatic heterocycles. The summed E-state index contributed by atoms with van der Waals surface area (Å²) in [5, 5.41) is 29.1. The van der Waals surface area contributed by atoms with Gasteiger partial charge in [0.05, 0.1) is 28.2 Å². The van der Waals surface area contributed by atoms with Crippen LogP contribution in [0.5, 0.6) is 0 Å². The summed E-state index contributed by atoms with van der Waals surface area (Å²) >= 11 is 0. The highest BCUT2D eigenvalue weighted by Gasteiger charge is 2.24. The van der Waals surface area contributed by atoms with Crippen molar-refractivity contribution in [2.75, 3.05) is 4.90 Å². The van der Waals surface area contributed by atoms with Crippen LogP contribution in [0.25, 0.3) is 0 Å². The van der Waals surface area contributed by atoms with Crippen molar-refractivity contribution < 1.29 is 4.92 Å². The van der Waals surface area contributed by atoms with Crippen LogP contribution in [0.1, 0.15) is 20.3 Å². The number of hydrogen-bond acceptors (Lipinski definition) is 5. The molecule has 1 heterocycles. The Hall–Kier alpha value is -3.12. The van der Waals surface area contributed by atoms with Crippen LogP contribution in [-0.2, 0) is 0 Å². The molecule has 104 valence electrons. The van der Waals surface area contributed by atoms with E-state index in [2.05, 4.69) is 12.1 Å². The summed E-state index contributed by atoms with van der Waals surface area (Å²) in [6, 6.07) is 10.3. The van der Waals surface area contributed by atoms with Crippen LogP contribution in [0.2, 0.25) is 0 Å². The van der Waals surface area contributed by atoms with Crippen molar-refractivity contribution in [1.29, 1.82) is 10.5 Å². The number of benzene rings is 1. The van der Waals surface area contributed by atoms with Gasteiger partial charge in [0.25, 0.3) is 5.69 Å². The second kappa shape index (κ2) is 5.48. The highest BCUT2D eigenvalue weighted by Crippen LogP contribution is 2.34. The van der Waals surface area contributed by atoms with E-state index >= 15 is 0 Å². The van der Waals surface area contributed by atoms with Crippen LogP contribution < -0.4 is 4.90 Å². The summed E-state index contributed by atoms with van der Waals surface area (Å²) in [5.41, 5.74) is 3.22. The zero-order valence-corrected chi connectivity index (χ0v) is 11.6. The molecule has 0 saturated carbocycles. The average Bonchev–Trinajstić information content (AvgIpc) is 2.48. The maximum Gasteiger partial charge on any atom is 0.269 e. The molecule has 6 nitrogen and oxygen atoms in total. The Morgan fingerprint density at radius 2 is 1.57 bits per heavy atom. The fourth-order valence-electron chi connectivity index (χ4n) is 2.31. The molecular weight excluding hydrogens is 268 g/mol. The van der Waals surface area contributed by atoms with E-state index in [-0.39, 0.29) is 5.69 Å². The van der Waals surface area contributed by atoms with Gasteiger partial charge in [-0.1, -0.05) is 0 Å². The molecule has 1 aliphatic heterocycles. The van der Waals surface area contributed by atoms with Gasteiger partial charge in [-0.05, 0) is 26.0 Å². The number of nitro benzene ring substituents is 1. The molecule has 0 unspecified atom stereocenters. The van der Waals surface area contributed by atoms with Crippen LogP contribution in [0, 0.1) is 32.8 Å². The van der Waals surface area contributed by atoms with E-state index in [1.165, 1.54) is 12.1 Å².